The van der Waals surface area contributed by atoms with E-state index in [2.05, 4.69) is 5.32 Å². The fourth-order valence-electron chi connectivity index (χ4n) is 2.06. The van der Waals surface area contributed by atoms with Crippen LogP contribution in [-0.4, -0.2) is 19.1 Å². The molecule has 2 rings (SSSR count). The molecule has 2 aliphatic rings. The van der Waals surface area contributed by atoms with Gasteiger partial charge in [-0.1, -0.05) is 12.8 Å². The molecule has 0 radical (unpaired) electrons. The Bertz CT molecular complexity index is 124. The normalized spacial score (nSPS) is 29.2. The van der Waals surface area contributed by atoms with Crippen LogP contribution < -0.4 is 56.7 Å². The summed E-state index contributed by atoms with van der Waals surface area (Å²) in [5.74, 6) is 0. The van der Waals surface area contributed by atoms with Crippen LogP contribution in [0, 0.1) is 5.41 Å². The summed E-state index contributed by atoms with van der Waals surface area (Å²) in [6.45, 7) is 2.44. The predicted molar refractivity (Wildman–Crippen MR) is 41.9 cm³/mol. The van der Waals surface area contributed by atoms with E-state index in [0.717, 1.165) is 12.8 Å². The molecule has 1 spiro atoms. The van der Waals surface area contributed by atoms with Crippen LogP contribution in [0.4, 0.5) is 0 Å². The van der Waals surface area contributed by atoms with E-state index in [1.807, 2.05) is 0 Å². The Hall–Kier alpha value is 1.56. The van der Waals surface area contributed by atoms with E-state index in [0.29, 0.717) is 5.41 Å². The van der Waals surface area contributed by atoms with E-state index in [9.17, 15) is 0 Å². The summed E-state index contributed by atoms with van der Waals surface area (Å²) in [4.78, 5) is 0. The third-order valence-electron chi connectivity index (χ3n) is 3.05. The standard InChI is InChI=1S/C8H15N2.K/c9-7-1-3-8(4-2-7)5-10-6-8;/h7,9-10H,1-6H2;/q-1;+1. The molecule has 0 aromatic carbocycles. The maximum Gasteiger partial charge on any atom is 1.00 e. The Kier molecular flexibility index (Phi) is 4.04. The second-order valence-electron chi connectivity index (χ2n) is 3.88. The van der Waals surface area contributed by atoms with Crippen LogP contribution in [0.15, 0.2) is 0 Å². The molecule has 1 aliphatic heterocycles. The van der Waals surface area contributed by atoms with Crippen molar-refractivity contribution in [1.29, 1.82) is 0 Å². The first-order valence-electron chi connectivity index (χ1n) is 4.23. The molecule has 58 valence electrons. The maximum atomic E-state index is 7.53. The van der Waals surface area contributed by atoms with Crippen LogP contribution in [0.2, 0.25) is 0 Å². The molecule has 2 nitrogen and oxygen atoms in total. The summed E-state index contributed by atoms with van der Waals surface area (Å²) < 4.78 is 0. The molecule has 0 bridgehead atoms. The number of rotatable bonds is 0. The summed E-state index contributed by atoms with van der Waals surface area (Å²) in [5, 5.41) is 3.33. The van der Waals surface area contributed by atoms with Crippen molar-refractivity contribution in [1.82, 2.24) is 5.32 Å². The van der Waals surface area contributed by atoms with Gasteiger partial charge in [0.1, 0.15) is 0 Å². The van der Waals surface area contributed by atoms with Crippen molar-refractivity contribution in [2.45, 2.75) is 31.7 Å². The van der Waals surface area contributed by atoms with Crippen LogP contribution in [0.3, 0.4) is 0 Å². The maximum absolute atomic E-state index is 7.53. The van der Waals surface area contributed by atoms with Gasteiger partial charge in [0.05, 0.1) is 0 Å². The summed E-state index contributed by atoms with van der Waals surface area (Å²) in [6, 6.07) is 0.256. The van der Waals surface area contributed by atoms with Crippen molar-refractivity contribution in [3.05, 3.63) is 5.73 Å². The molecule has 2 N–H and O–H groups in total. The molecular formula is C8H15KN2. The van der Waals surface area contributed by atoms with Gasteiger partial charge in [-0.25, -0.2) is 0 Å². The molecule has 11 heavy (non-hydrogen) atoms. The number of nitrogens with one attached hydrogen (secondary N) is 2. The van der Waals surface area contributed by atoms with Gasteiger partial charge >= 0.3 is 51.4 Å². The minimum Gasteiger partial charge on any atom is -0.675 e. The van der Waals surface area contributed by atoms with Gasteiger partial charge in [0.15, 0.2) is 0 Å². The molecule has 0 amide bonds. The first-order valence-corrected chi connectivity index (χ1v) is 4.23. The Labute approximate surface area is 111 Å². The van der Waals surface area contributed by atoms with Gasteiger partial charge in [-0.3, -0.25) is 0 Å². The van der Waals surface area contributed by atoms with Crippen molar-refractivity contribution in [2.75, 3.05) is 13.1 Å². The molecule has 2 fully saturated rings. The molecule has 0 atom stereocenters. The third kappa shape index (κ3) is 2.27. The summed E-state index contributed by atoms with van der Waals surface area (Å²) in [7, 11) is 0. The van der Waals surface area contributed by atoms with E-state index >= 15 is 0 Å². The molecule has 3 heteroatoms. The number of hydrogen-bond donors (Lipinski definition) is 1. The Morgan fingerprint density at radius 1 is 1.18 bits per heavy atom. The van der Waals surface area contributed by atoms with Crippen molar-refractivity contribution in [3.8, 4) is 0 Å². The van der Waals surface area contributed by atoms with E-state index < -0.39 is 0 Å². The van der Waals surface area contributed by atoms with Crippen molar-refractivity contribution in [2.24, 2.45) is 5.41 Å². The quantitative estimate of drug-likeness (QED) is 0.454. The minimum absolute atomic E-state index is 0. The predicted octanol–water partition coefficient (Wildman–Crippen LogP) is -1.43. The van der Waals surface area contributed by atoms with Crippen molar-refractivity contribution >= 4 is 0 Å². The minimum atomic E-state index is 0. The van der Waals surface area contributed by atoms with E-state index in [-0.39, 0.29) is 57.4 Å². The zero-order valence-electron chi connectivity index (χ0n) is 7.32. The van der Waals surface area contributed by atoms with Gasteiger partial charge in [0, 0.05) is 13.1 Å². The molecule has 1 saturated carbocycles. The Morgan fingerprint density at radius 2 is 1.73 bits per heavy atom. The Balaban J connectivity index is 0.000000605. The van der Waals surface area contributed by atoms with Gasteiger partial charge in [0.25, 0.3) is 0 Å². The van der Waals surface area contributed by atoms with E-state index in [1.165, 1.54) is 25.9 Å². The molecule has 1 saturated heterocycles. The zero-order chi connectivity index (χ0) is 7.03. The topological polar surface area (TPSA) is 35.8 Å². The molecule has 0 aromatic rings. The molecular weight excluding hydrogens is 163 g/mol. The average molecular weight is 178 g/mol. The average Bonchev–Trinajstić information content (AvgIpc) is 1.86. The van der Waals surface area contributed by atoms with Gasteiger partial charge in [-0.05, 0) is 18.3 Å². The van der Waals surface area contributed by atoms with Gasteiger partial charge < -0.3 is 11.1 Å². The summed E-state index contributed by atoms with van der Waals surface area (Å²) in [6.07, 6.45) is 4.88. The first kappa shape index (κ1) is 10.6. The smallest absolute Gasteiger partial charge is 0.675 e. The van der Waals surface area contributed by atoms with Crippen LogP contribution in [-0.2, 0) is 0 Å². The Morgan fingerprint density at radius 3 is 2.09 bits per heavy atom. The molecule has 0 aromatic heterocycles. The second kappa shape index (κ2) is 4.18. The first-order chi connectivity index (χ1) is 4.81. The fourth-order valence-corrected chi connectivity index (χ4v) is 2.06. The van der Waals surface area contributed by atoms with Gasteiger partial charge in [0.2, 0.25) is 0 Å². The monoisotopic (exact) mass is 178 g/mol. The SMILES string of the molecule is [K+].[NH-]C1CCC2(CC1)CNC2. The molecule has 1 heterocycles. The van der Waals surface area contributed by atoms with Crippen LogP contribution in [0.5, 0.6) is 0 Å². The fraction of sp³-hybridized carbons (Fsp3) is 1.00. The van der Waals surface area contributed by atoms with Crippen LogP contribution in [0.25, 0.3) is 5.73 Å². The van der Waals surface area contributed by atoms with E-state index in [4.69, 9.17) is 5.73 Å². The second-order valence-corrected chi connectivity index (χ2v) is 3.88. The van der Waals surface area contributed by atoms with Crippen LogP contribution >= 0.6 is 0 Å². The van der Waals surface area contributed by atoms with Crippen molar-refractivity contribution < 1.29 is 51.4 Å². The van der Waals surface area contributed by atoms with E-state index in [1.54, 1.807) is 0 Å². The van der Waals surface area contributed by atoms with Crippen LogP contribution in [0.1, 0.15) is 25.7 Å². The zero-order valence-corrected chi connectivity index (χ0v) is 10.4. The largest absolute Gasteiger partial charge is 1.00 e. The third-order valence-corrected chi connectivity index (χ3v) is 3.05. The summed E-state index contributed by atoms with van der Waals surface area (Å²) in [5.41, 5.74) is 8.18. The molecule has 0 unspecified atom stereocenters. The van der Waals surface area contributed by atoms with Gasteiger partial charge in [-0.15, -0.1) is 6.04 Å². The van der Waals surface area contributed by atoms with Gasteiger partial charge in [-0.2, -0.15) is 0 Å². The number of hydrogen-bond acceptors (Lipinski definition) is 1. The summed E-state index contributed by atoms with van der Waals surface area (Å²) >= 11 is 0. The molecule has 1 aliphatic carbocycles. The van der Waals surface area contributed by atoms with Crippen molar-refractivity contribution in [3.63, 3.8) is 0 Å².